The van der Waals surface area contributed by atoms with E-state index in [-0.39, 0.29) is 6.04 Å². The van der Waals surface area contributed by atoms with Crippen LogP contribution in [0.4, 0.5) is 0 Å². The number of nitrogens with zero attached hydrogens (tertiary/aromatic N) is 1. The van der Waals surface area contributed by atoms with Crippen molar-refractivity contribution in [2.24, 2.45) is 0 Å². The van der Waals surface area contributed by atoms with Crippen LogP contribution in [0.5, 0.6) is 5.75 Å². The number of para-hydroxylation sites is 1. The second kappa shape index (κ2) is 6.65. The number of aromatic amines is 1. The molecule has 4 heteroatoms. The molecule has 3 aromatic rings. The molecular weight excluding hydrogens is 308 g/mol. The topological polar surface area (TPSA) is 39.3 Å². The van der Waals surface area contributed by atoms with Crippen LogP contribution in [0.15, 0.2) is 48.7 Å². The Balaban J connectivity index is 2.24. The van der Waals surface area contributed by atoms with Crippen molar-refractivity contribution in [3.05, 3.63) is 64.8 Å². The highest BCUT2D eigenvalue weighted by molar-refractivity contribution is 6.35. The second-order valence-electron chi connectivity index (χ2n) is 5.59. The van der Waals surface area contributed by atoms with Crippen LogP contribution in [0, 0.1) is 0 Å². The van der Waals surface area contributed by atoms with Crippen molar-refractivity contribution in [3.63, 3.8) is 0 Å². The first-order valence-corrected chi connectivity index (χ1v) is 8.32. The molecular formula is C19H21ClN2O. The number of aromatic hydroxyl groups is 1. The Morgan fingerprint density at radius 3 is 2.48 bits per heavy atom. The molecule has 0 aliphatic carbocycles. The van der Waals surface area contributed by atoms with Gasteiger partial charge in [-0.2, -0.15) is 0 Å². The molecule has 0 aliphatic rings. The van der Waals surface area contributed by atoms with Gasteiger partial charge in [-0.1, -0.05) is 49.7 Å². The van der Waals surface area contributed by atoms with Crippen LogP contribution in [0.25, 0.3) is 10.9 Å². The number of nitrogens with one attached hydrogen (secondary N) is 1. The molecule has 0 saturated carbocycles. The van der Waals surface area contributed by atoms with Gasteiger partial charge in [0.05, 0.1) is 11.1 Å². The third kappa shape index (κ3) is 2.82. The highest BCUT2D eigenvalue weighted by Gasteiger charge is 2.26. The lowest BCUT2D eigenvalue weighted by Crippen LogP contribution is -2.29. The van der Waals surface area contributed by atoms with Crippen LogP contribution in [-0.2, 0) is 0 Å². The van der Waals surface area contributed by atoms with Gasteiger partial charge in [0, 0.05) is 28.2 Å². The van der Waals surface area contributed by atoms with E-state index in [9.17, 15) is 5.11 Å². The van der Waals surface area contributed by atoms with E-state index in [1.54, 1.807) is 6.07 Å². The highest BCUT2D eigenvalue weighted by atomic mass is 35.5. The molecule has 0 amide bonds. The SMILES string of the molecule is CCN(CC)C(c1ccccc1O)c1c[nH]c2cccc(Cl)c12. The van der Waals surface area contributed by atoms with E-state index in [4.69, 9.17) is 11.6 Å². The normalized spacial score (nSPS) is 12.9. The average Bonchev–Trinajstić information content (AvgIpc) is 2.98. The number of rotatable bonds is 5. The Morgan fingerprint density at radius 2 is 1.78 bits per heavy atom. The van der Waals surface area contributed by atoms with Gasteiger partial charge < -0.3 is 10.1 Å². The van der Waals surface area contributed by atoms with Crippen molar-refractivity contribution in [3.8, 4) is 5.75 Å². The number of phenols is 1. The van der Waals surface area contributed by atoms with Crippen LogP contribution in [0.2, 0.25) is 5.02 Å². The predicted octanol–water partition coefficient (Wildman–Crippen LogP) is 4.96. The van der Waals surface area contributed by atoms with Gasteiger partial charge in [-0.25, -0.2) is 0 Å². The monoisotopic (exact) mass is 328 g/mol. The van der Waals surface area contributed by atoms with E-state index in [1.807, 2.05) is 42.6 Å². The molecule has 0 radical (unpaired) electrons. The fraction of sp³-hybridized carbons (Fsp3) is 0.263. The molecule has 0 bridgehead atoms. The summed E-state index contributed by atoms with van der Waals surface area (Å²) < 4.78 is 0. The largest absolute Gasteiger partial charge is 0.508 e. The number of hydrogen-bond donors (Lipinski definition) is 2. The third-order valence-corrected chi connectivity index (χ3v) is 4.70. The maximum absolute atomic E-state index is 10.4. The number of aromatic nitrogens is 1. The van der Waals surface area contributed by atoms with E-state index in [2.05, 4.69) is 23.7 Å². The first kappa shape index (κ1) is 15.9. The molecule has 0 fully saturated rings. The van der Waals surface area contributed by atoms with Crippen LogP contribution in [0.3, 0.4) is 0 Å². The molecule has 3 nitrogen and oxygen atoms in total. The molecule has 2 aromatic carbocycles. The highest BCUT2D eigenvalue weighted by Crippen LogP contribution is 2.39. The Labute approximate surface area is 141 Å². The quantitative estimate of drug-likeness (QED) is 0.695. The summed E-state index contributed by atoms with van der Waals surface area (Å²) in [6, 6.07) is 13.4. The summed E-state index contributed by atoms with van der Waals surface area (Å²) in [7, 11) is 0. The van der Waals surface area contributed by atoms with E-state index in [0.717, 1.165) is 40.1 Å². The summed E-state index contributed by atoms with van der Waals surface area (Å²) in [5.74, 6) is 0.311. The first-order valence-electron chi connectivity index (χ1n) is 7.94. The van der Waals surface area contributed by atoms with Gasteiger partial charge in [-0.15, -0.1) is 0 Å². The molecule has 1 atom stereocenters. The van der Waals surface area contributed by atoms with Crippen molar-refractivity contribution in [1.29, 1.82) is 0 Å². The predicted molar refractivity (Wildman–Crippen MR) is 96.2 cm³/mol. The standard InChI is InChI=1S/C19H21ClN2O/c1-3-22(4-2)19(13-8-5-6-11-17(13)23)14-12-21-16-10-7-9-15(20)18(14)16/h5-12,19,21,23H,3-4H2,1-2H3. The maximum atomic E-state index is 10.4. The lowest BCUT2D eigenvalue weighted by atomic mass is 9.95. The van der Waals surface area contributed by atoms with Gasteiger partial charge in [0.2, 0.25) is 0 Å². The van der Waals surface area contributed by atoms with Crippen molar-refractivity contribution >= 4 is 22.5 Å². The minimum atomic E-state index is -0.0418. The van der Waals surface area contributed by atoms with Crippen molar-refractivity contribution in [1.82, 2.24) is 9.88 Å². The van der Waals surface area contributed by atoms with E-state index < -0.39 is 0 Å². The Bertz CT molecular complexity index is 808. The summed E-state index contributed by atoms with van der Waals surface area (Å²) in [5, 5.41) is 12.1. The van der Waals surface area contributed by atoms with Crippen molar-refractivity contribution in [2.75, 3.05) is 13.1 Å². The van der Waals surface area contributed by atoms with Crippen LogP contribution < -0.4 is 0 Å². The fourth-order valence-corrected chi connectivity index (χ4v) is 3.53. The summed E-state index contributed by atoms with van der Waals surface area (Å²) >= 11 is 6.46. The minimum Gasteiger partial charge on any atom is -0.508 e. The van der Waals surface area contributed by atoms with Gasteiger partial charge >= 0.3 is 0 Å². The summed E-state index contributed by atoms with van der Waals surface area (Å²) in [6.07, 6.45) is 2.01. The molecule has 1 unspecified atom stereocenters. The molecule has 2 N–H and O–H groups in total. The Kier molecular flexibility index (Phi) is 4.60. The van der Waals surface area contributed by atoms with E-state index in [1.165, 1.54) is 0 Å². The molecule has 1 heterocycles. The van der Waals surface area contributed by atoms with Crippen molar-refractivity contribution in [2.45, 2.75) is 19.9 Å². The number of H-pyrrole nitrogens is 1. The zero-order valence-corrected chi connectivity index (χ0v) is 14.1. The smallest absolute Gasteiger partial charge is 0.120 e. The Hall–Kier alpha value is -1.97. The van der Waals surface area contributed by atoms with Crippen molar-refractivity contribution < 1.29 is 5.11 Å². The van der Waals surface area contributed by atoms with Gasteiger partial charge in [-0.05, 0) is 31.3 Å². The van der Waals surface area contributed by atoms with Crippen LogP contribution >= 0.6 is 11.6 Å². The number of phenolic OH excluding ortho intramolecular Hbond substituents is 1. The number of halogens is 1. The summed E-state index contributed by atoms with van der Waals surface area (Å²) in [4.78, 5) is 5.63. The summed E-state index contributed by atoms with van der Waals surface area (Å²) in [6.45, 7) is 6.03. The molecule has 0 spiro atoms. The zero-order valence-electron chi connectivity index (χ0n) is 13.4. The maximum Gasteiger partial charge on any atom is 0.120 e. The fourth-order valence-electron chi connectivity index (χ4n) is 3.25. The van der Waals surface area contributed by atoms with Gasteiger partial charge in [0.25, 0.3) is 0 Å². The van der Waals surface area contributed by atoms with Gasteiger partial charge in [0.1, 0.15) is 5.75 Å². The molecule has 120 valence electrons. The Morgan fingerprint density at radius 1 is 1.04 bits per heavy atom. The van der Waals surface area contributed by atoms with E-state index >= 15 is 0 Å². The lowest BCUT2D eigenvalue weighted by molar-refractivity contribution is 0.247. The molecule has 0 aliphatic heterocycles. The van der Waals surface area contributed by atoms with E-state index in [0.29, 0.717) is 5.75 Å². The third-order valence-electron chi connectivity index (χ3n) is 4.39. The van der Waals surface area contributed by atoms with Gasteiger partial charge in [0.15, 0.2) is 0 Å². The van der Waals surface area contributed by atoms with Gasteiger partial charge in [-0.3, -0.25) is 4.90 Å². The number of fused-ring (bicyclic) bond motifs is 1. The van der Waals surface area contributed by atoms with Crippen LogP contribution in [-0.4, -0.2) is 28.1 Å². The first-order chi connectivity index (χ1) is 11.2. The van der Waals surface area contributed by atoms with Crippen LogP contribution in [0.1, 0.15) is 31.0 Å². The molecule has 0 saturated heterocycles. The average molecular weight is 329 g/mol. The minimum absolute atomic E-state index is 0.0418. The molecule has 23 heavy (non-hydrogen) atoms. The zero-order chi connectivity index (χ0) is 16.4. The second-order valence-corrected chi connectivity index (χ2v) is 6.00. The molecule has 3 rings (SSSR count). The number of hydrogen-bond acceptors (Lipinski definition) is 2. The molecule has 1 aromatic heterocycles. The lowest BCUT2D eigenvalue weighted by Gasteiger charge is -2.30. The summed E-state index contributed by atoms with van der Waals surface area (Å²) in [5.41, 5.74) is 3.01. The number of benzene rings is 2.